The molecule has 0 N–H and O–H groups in total. The van der Waals surface area contributed by atoms with Crippen molar-refractivity contribution in [3.05, 3.63) is 36.7 Å². The van der Waals surface area contributed by atoms with Crippen molar-refractivity contribution >= 4 is 10.9 Å². The second kappa shape index (κ2) is 5.85. The average molecular weight is 297 g/mol. The van der Waals surface area contributed by atoms with Crippen molar-refractivity contribution in [2.75, 3.05) is 21.3 Å². The summed E-state index contributed by atoms with van der Waals surface area (Å²) in [5.41, 5.74) is 1.59. The number of hydrogen-bond acceptors (Lipinski definition) is 6. The number of aromatic nitrogens is 3. The first-order valence-electron chi connectivity index (χ1n) is 6.64. The number of hydrogen-bond donors (Lipinski definition) is 0. The zero-order valence-corrected chi connectivity index (χ0v) is 12.5. The highest BCUT2D eigenvalue weighted by atomic mass is 16.5. The SMILES string of the molecule is COc1ccc(-c2ncc3cc(OC)c(OC)cc3n2)cn1. The van der Waals surface area contributed by atoms with Gasteiger partial charge in [-0.1, -0.05) is 0 Å². The topological polar surface area (TPSA) is 66.4 Å². The Morgan fingerprint density at radius 3 is 2.23 bits per heavy atom. The van der Waals surface area contributed by atoms with E-state index in [4.69, 9.17) is 14.2 Å². The lowest BCUT2D eigenvalue weighted by atomic mass is 10.2. The summed E-state index contributed by atoms with van der Waals surface area (Å²) in [6.07, 6.45) is 3.44. The second-order valence-electron chi connectivity index (χ2n) is 4.55. The number of nitrogens with zero attached hydrogens (tertiary/aromatic N) is 3. The van der Waals surface area contributed by atoms with Gasteiger partial charge in [0.25, 0.3) is 0 Å². The standard InChI is InChI=1S/C16H15N3O3/c1-20-13-6-11-9-18-16(19-12(11)7-14(13)21-2)10-4-5-15(22-3)17-8-10/h4-9H,1-3H3. The van der Waals surface area contributed by atoms with Crippen LogP contribution in [0.25, 0.3) is 22.3 Å². The van der Waals surface area contributed by atoms with E-state index in [1.165, 1.54) is 0 Å². The molecule has 6 nitrogen and oxygen atoms in total. The van der Waals surface area contributed by atoms with Gasteiger partial charge in [0.05, 0.1) is 26.8 Å². The minimum absolute atomic E-state index is 0.552. The van der Waals surface area contributed by atoms with E-state index in [0.717, 1.165) is 16.5 Å². The first-order chi connectivity index (χ1) is 10.7. The summed E-state index contributed by atoms with van der Waals surface area (Å²) < 4.78 is 15.6. The molecular formula is C16H15N3O3. The molecular weight excluding hydrogens is 282 g/mol. The summed E-state index contributed by atoms with van der Waals surface area (Å²) in [6, 6.07) is 7.33. The van der Waals surface area contributed by atoms with Crippen LogP contribution in [0.1, 0.15) is 0 Å². The largest absolute Gasteiger partial charge is 0.493 e. The van der Waals surface area contributed by atoms with Gasteiger partial charge >= 0.3 is 0 Å². The van der Waals surface area contributed by atoms with Crippen molar-refractivity contribution in [3.8, 4) is 28.8 Å². The average Bonchev–Trinajstić information content (AvgIpc) is 2.60. The van der Waals surface area contributed by atoms with Crippen LogP contribution in [0.4, 0.5) is 0 Å². The van der Waals surface area contributed by atoms with E-state index in [-0.39, 0.29) is 0 Å². The molecule has 0 spiro atoms. The molecule has 3 aromatic rings. The second-order valence-corrected chi connectivity index (χ2v) is 4.55. The Labute approximate surface area is 127 Å². The summed E-state index contributed by atoms with van der Waals surface area (Å²) in [5.74, 6) is 2.43. The fourth-order valence-electron chi connectivity index (χ4n) is 2.13. The molecule has 0 aliphatic rings. The van der Waals surface area contributed by atoms with E-state index >= 15 is 0 Å². The van der Waals surface area contributed by atoms with Crippen LogP contribution in [-0.2, 0) is 0 Å². The first kappa shape index (κ1) is 14.1. The normalized spacial score (nSPS) is 10.5. The van der Waals surface area contributed by atoms with E-state index in [2.05, 4.69) is 15.0 Å². The van der Waals surface area contributed by atoms with Gasteiger partial charge < -0.3 is 14.2 Å². The molecule has 0 radical (unpaired) electrons. The van der Waals surface area contributed by atoms with Gasteiger partial charge in [0, 0.05) is 35.5 Å². The maximum atomic E-state index is 5.31. The van der Waals surface area contributed by atoms with Gasteiger partial charge in [0.1, 0.15) is 0 Å². The maximum absolute atomic E-state index is 5.31. The molecule has 0 aliphatic heterocycles. The number of ether oxygens (including phenoxy) is 3. The van der Waals surface area contributed by atoms with Crippen molar-refractivity contribution in [1.29, 1.82) is 0 Å². The Hall–Kier alpha value is -2.89. The minimum atomic E-state index is 0.552. The van der Waals surface area contributed by atoms with Crippen LogP contribution < -0.4 is 14.2 Å². The highest BCUT2D eigenvalue weighted by Gasteiger charge is 2.09. The van der Waals surface area contributed by atoms with Crippen molar-refractivity contribution in [2.24, 2.45) is 0 Å². The van der Waals surface area contributed by atoms with Crippen LogP contribution >= 0.6 is 0 Å². The molecule has 0 fully saturated rings. The number of fused-ring (bicyclic) bond motifs is 1. The molecule has 0 bridgehead atoms. The number of methoxy groups -OCH3 is 3. The molecule has 2 aromatic heterocycles. The lowest BCUT2D eigenvalue weighted by Crippen LogP contribution is -1.95. The Morgan fingerprint density at radius 2 is 1.59 bits per heavy atom. The van der Waals surface area contributed by atoms with Gasteiger partial charge in [-0.05, 0) is 12.1 Å². The Morgan fingerprint density at radius 1 is 0.818 bits per heavy atom. The van der Waals surface area contributed by atoms with Crippen LogP contribution in [0.2, 0.25) is 0 Å². The third-order valence-corrected chi connectivity index (χ3v) is 3.29. The van der Waals surface area contributed by atoms with E-state index in [0.29, 0.717) is 23.2 Å². The predicted octanol–water partition coefficient (Wildman–Crippen LogP) is 2.72. The van der Waals surface area contributed by atoms with Crippen molar-refractivity contribution in [2.45, 2.75) is 0 Å². The first-order valence-corrected chi connectivity index (χ1v) is 6.64. The smallest absolute Gasteiger partial charge is 0.212 e. The predicted molar refractivity (Wildman–Crippen MR) is 82.4 cm³/mol. The molecule has 0 unspecified atom stereocenters. The van der Waals surface area contributed by atoms with Crippen LogP contribution in [-0.4, -0.2) is 36.3 Å². The third kappa shape index (κ3) is 2.50. The molecule has 6 heteroatoms. The molecule has 22 heavy (non-hydrogen) atoms. The van der Waals surface area contributed by atoms with Crippen LogP contribution in [0, 0.1) is 0 Å². The zero-order chi connectivity index (χ0) is 15.5. The monoisotopic (exact) mass is 297 g/mol. The lowest BCUT2D eigenvalue weighted by Gasteiger charge is -2.09. The molecule has 0 saturated carbocycles. The molecule has 3 rings (SSSR count). The molecule has 112 valence electrons. The summed E-state index contributed by atoms with van der Waals surface area (Å²) in [7, 11) is 4.77. The van der Waals surface area contributed by atoms with Gasteiger partial charge in [-0.15, -0.1) is 0 Å². The highest BCUT2D eigenvalue weighted by molar-refractivity contribution is 5.83. The summed E-state index contributed by atoms with van der Waals surface area (Å²) >= 11 is 0. The molecule has 0 atom stereocenters. The van der Waals surface area contributed by atoms with Crippen LogP contribution in [0.15, 0.2) is 36.7 Å². The minimum Gasteiger partial charge on any atom is -0.493 e. The fraction of sp³-hybridized carbons (Fsp3) is 0.188. The van der Waals surface area contributed by atoms with Crippen LogP contribution in [0.5, 0.6) is 17.4 Å². The van der Waals surface area contributed by atoms with Crippen LogP contribution in [0.3, 0.4) is 0 Å². The Balaban J connectivity index is 2.08. The lowest BCUT2D eigenvalue weighted by molar-refractivity contribution is 0.356. The van der Waals surface area contributed by atoms with Gasteiger partial charge in [0.15, 0.2) is 17.3 Å². The molecule has 0 amide bonds. The quantitative estimate of drug-likeness (QED) is 0.737. The summed E-state index contributed by atoms with van der Waals surface area (Å²) in [6.45, 7) is 0. The van der Waals surface area contributed by atoms with Gasteiger partial charge in [-0.3, -0.25) is 0 Å². The molecule has 0 aliphatic carbocycles. The van der Waals surface area contributed by atoms with Crippen molar-refractivity contribution in [1.82, 2.24) is 15.0 Å². The fourth-order valence-corrected chi connectivity index (χ4v) is 2.13. The van der Waals surface area contributed by atoms with E-state index < -0.39 is 0 Å². The number of pyridine rings is 1. The third-order valence-electron chi connectivity index (χ3n) is 3.29. The summed E-state index contributed by atoms with van der Waals surface area (Å²) in [5, 5.41) is 0.878. The molecule has 1 aromatic carbocycles. The summed E-state index contributed by atoms with van der Waals surface area (Å²) in [4.78, 5) is 13.1. The van der Waals surface area contributed by atoms with Gasteiger partial charge in [-0.25, -0.2) is 15.0 Å². The van der Waals surface area contributed by atoms with Gasteiger partial charge in [0.2, 0.25) is 5.88 Å². The van der Waals surface area contributed by atoms with E-state index in [9.17, 15) is 0 Å². The van der Waals surface area contributed by atoms with E-state index in [1.54, 1.807) is 39.8 Å². The van der Waals surface area contributed by atoms with Gasteiger partial charge in [-0.2, -0.15) is 0 Å². The van der Waals surface area contributed by atoms with Crippen molar-refractivity contribution in [3.63, 3.8) is 0 Å². The Kier molecular flexibility index (Phi) is 3.74. The Bertz CT molecular complexity index is 804. The number of benzene rings is 1. The highest BCUT2D eigenvalue weighted by Crippen LogP contribution is 2.31. The zero-order valence-electron chi connectivity index (χ0n) is 12.5. The number of rotatable bonds is 4. The van der Waals surface area contributed by atoms with E-state index in [1.807, 2.05) is 18.2 Å². The molecule has 0 saturated heterocycles. The molecule has 2 heterocycles. The van der Waals surface area contributed by atoms with Crippen molar-refractivity contribution < 1.29 is 14.2 Å². The maximum Gasteiger partial charge on any atom is 0.212 e.